The van der Waals surface area contributed by atoms with Crippen LogP contribution in [0.1, 0.15) is 80.9 Å². The monoisotopic (exact) mass is 420 g/mol. The summed E-state index contributed by atoms with van der Waals surface area (Å²) >= 11 is 0. The Balaban J connectivity index is 1.87. The first-order chi connectivity index (χ1) is 13.8. The van der Waals surface area contributed by atoms with Crippen LogP contribution in [-0.4, -0.2) is 37.3 Å². The van der Waals surface area contributed by atoms with Crippen molar-refractivity contribution in [3.63, 3.8) is 0 Å². The molecule has 2 saturated carbocycles. The standard InChI is InChI=1S/C23H36N2O3S/c1-17-14-18(2)23(19(3)15-17)29(27,28)25(21-12-8-5-9-13-21)16-22(26)24-20-10-6-4-7-11-20/h14-15,20-21H,4-13,16H2,1-3H3,(H,24,26). The fourth-order valence-corrected chi connectivity index (χ4v) is 7.19. The molecule has 0 bridgehead atoms. The number of nitrogens with zero attached hydrogens (tertiary/aromatic N) is 1. The maximum absolute atomic E-state index is 13.8. The van der Waals surface area contributed by atoms with E-state index < -0.39 is 10.0 Å². The summed E-state index contributed by atoms with van der Waals surface area (Å²) in [6, 6.07) is 3.93. The molecule has 1 amide bonds. The minimum Gasteiger partial charge on any atom is -0.352 e. The molecular weight excluding hydrogens is 384 g/mol. The van der Waals surface area contributed by atoms with Crippen LogP contribution in [0.3, 0.4) is 0 Å². The highest BCUT2D eigenvalue weighted by atomic mass is 32.2. The summed E-state index contributed by atoms with van der Waals surface area (Å²) in [5.41, 5.74) is 2.57. The third kappa shape index (κ3) is 5.40. The van der Waals surface area contributed by atoms with Gasteiger partial charge in [0, 0.05) is 12.1 Å². The van der Waals surface area contributed by atoms with Gasteiger partial charge in [-0.25, -0.2) is 8.42 Å². The third-order valence-electron chi connectivity index (χ3n) is 6.42. The minimum absolute atomic E-state index is 0.0732. The van der Waals surface area contributed by atoms with E-state index in [0.717, 1.165) is 74.5 Å². The van der Waals surface area contributed by atoms with Gasteiger partial charge < -0.3 is 5.32 Å². The SMILES string of the molecule is Cc1cc(C)c(S(=O)(=O)N(CC(=O)NC2CCCCC2)C2CCCCC2)c(C)c1. The third-order valence-corrected chi connectivity index (χ3v) is 8.63. The van der Waals surface area contributed by atoms with Crippen molar-refractivity contribution < 1.29 is 13.2 Å². The smallest absolute Gasteiger partial charge is 0.244 e. The highest BCUT2D eigenvalue weighted by molar-refractivity contribution is 7.89. The Morgan fingerprint density at radius 3 is 2.00 bits per heavy atom. The van der Waals surface area contributed by atoms with Crippen molar-refractivity contribution >= 4 is 15.9 Å². The lowest BCUT2D eigenvalue weighted by Crippen LogP contribution is -2.49. The molecule has 6 heteroatoms. The molecule has 0 radical (unpaired) electrons. The van der Waals surface area contributed by atoms with Gasteiger partial charge in [0.05, 0.1) is 11.4 Å². The number of carbonyl (C=O) groups is 1. The highest BCUT2D eigenvalue weighted by Crippen LogP contribution is 2.31. The van der Waals surface area contributed by atoms with Crippen molar-refractivity contribution in [2.75, 3.05) is 6.54 Å². The Hall–Kier alpha value is -1.40. The van der Waals surface area contributed by atoms with Crippen LogP contribution in [0.2, 0.25) is 0 Å². The number of hydrogen-bond acceptors (Lipinski definition) is 3. The van der Waals surface area contributed by atoms with Gasteiger partial charge in [-0.05, 0) is 57.6 Å². The van der Waals surface area contributed by atoms with Gasteiger partial charge in [-0.15, -0.1) is 0 Å². The fourth-order valence-electron chi connectivity index (χ4n) is 5.13. The van der Waals surface area contributed by atoms with Crippen molar-refractivity contribution in [1.29, 1.82) is 0 Å². The lowest BCUT2D eigenvalue weighted by Gasteiger charge is -2.34. The second-order valence-corrected chi connectivity index (χ2v) is 10.8. The van der Waals surface area contributed by atoms with Gasteiger partial charge in [0.1, 0.15) is 0 Å². The number of rotatable bonds is 6. The topological polar surface area (TPSA) is 66.5 Å². The quantitative estimate of drug-likeness (QED) is 0.742. The van der Waals surface area contributed by atoms with Crippen molar-refractivity contribution in [2.45, 2.75) is 102 Å². The fraction of sp³-hybridized carbons (Fsp3) is 0.696. The first-order valence-electron chi connectivity index (χ1n) is 11.2. The Morgan fingerprint density at radius 1 is 0.931 bits per heavy atom. The second-order valence-electron chi connectivity index (χ2n) is 8.97. The molecule has 0 spiro atoms. The minimum atomic E-state index is -3.74. The number of carbonyl (C=O) groups excluding carboxylic acids is 1. The second kappa shape index (κ2) is 9.61. The van der Waals surface area contributed by atoms with E-state index in [2.05, 4.69) is 5.32 Å². The summed E-state index contributed by atoms with van der Waals surface area (Å²) in [7, 11) is -3.74. The molecular formula is C23H36N2O3S. The van der Waals surface area contributed by atoms with E-state index >= 15 is 0 Å². The zero-order valence-corrected chi connectivity index (χ0v) is 19.0. The Morgan fingerprint density at radius 2 is 1.45 bits per heavy atom. The molecule has 2 aliphatic carbocycles. The molecule has 0 aromatic heterocycles. The van der Waals surface area contributed by atoms with Gasteiger partial charge >= 0.3 is 0 Å². The molecule has 1 N–H and O–H groups in total. The molecule has 0 heterocycles. The predicted molar refractivity (Wildman–Crippen MR) is 116 cm³/mol. The maximum atomic E-state index is 13.8. The van der Waals surface area contributed by atoms with Crippen molar-refractivity contribution in [2.24, 2.45) is 0 Å². The number of sulfonamides is 1. The lowest BCUT2D eigenvalue weighted by molar-refractivity contribution is -0.122. The molecule has 0 unspecified atom stereocenters. The van der Waals surface area contributed by atoms with E-state index in [4.69, 9.17) is 0 Å². The molecule has 29 heavy (non-hydrogen) atoms. The zero-order chi connectivity index (χ0) is 21.0. The van der Waals surface area contributed by atoms with E-state index in [-0.39, 0.29) is 24.5 Å². The van der Waals surface area contributed by atoms with E-state index in [0.29, 0.717) is 4.90 Å². The summed E-state index contributed by atoms with van der Waals surface area (Å²) in [6.45, 7) is 5.62. The van der Waals surface area contributed by atoms with Gasteiger partial charge in [-0.3, -0.25) is 4.79 Å². The first-order valence-corrected chi connectivity index (χ1v) is 12.6. The maximum Gasteiger partial charge on any atom is 0.244 e. The Labute approximate surface area is 176 Å². The number of nitrogens with one attached hydrogen (secondary N) is 1. The summed E-state index contributed by atoms with van der Waals surface area (Å²) in [4.78, 5) is 13.2. The molecule has 1 aromatic rings. The van der Waals surface area contributed by atoms with Crippen LogP contribution in [-0.2, 0) is 14.8 Å². The largest absolute Gasteiger partial charge is 0.352 e. The van der Waals surface area contributed by atoms with Crippen LogP contribution in [0.25, 0.3) is 0 Å². The number of benzene rings is 1. The molecule has 3 rings (SSSR count). The van der Waals surface area contributed by atoms with Crippen molar-refractivity contribution in [1.82, 2.24) is 9.62 Å². The summed E-state index contributed by atoms with van der Waals surface area (Å²) in [5, 5.41) is 3.11. The van der Waals surface area contributed by atoms with Crippen LogP contribution >= 0.6 is 0 Å². The summed E-state index contributed by atoms with van der Waals surface area (Å²) < 4.78 is 29.0. The molecule has 0 aliphatic heterocycles. The van der Waals surface area contributed by atoms with Crippen molar-refractivity contribution in [3.8, 4) is 0 Å². The molecule has 162 valence electrons. The molecule has 2 fully saturated rings. The van der Waals surface area contributed by atoms with Gasteiger partial charge in [0.2, 0.25) is 15.9 Å². The normalized spacial score (nSPS) is 19.4. The van der Waals surface area contributed by atoms with Crippen molar-refractivity contribution in [3.05, 3.63) is 28.8 Å². The highest BCUT2D eigenvalue weighted by Gasteiger charge is 2.36. The Kier molecular flexibility index (Phi) is 7.38. The summed E-state index contributed by atoms with van der Waals surface area (Å²) in [6.07, 6.45) is 10.3. The Bertz CT molecular complexity index is 800. The van der Waals surface area contributed by atoms with E-state index in [9.17, 15) is 13.2 Å². The predicted octanol–water partition coefficient (Wildman–Crippen LogP) is 4.38. The van der Waals surface area contributed by atoms with E-state index in [1.165, 1.54) is 10.7 Å². The van der Waals surface area contributed by atoms with E-state index in [1.54, 1.807) is 0 Å². The molecule has 1 aromatic carbocycles. The van der Waals surface area contributed by atoms with Gasteiger partial charge in [-0.2, -0.15) is 4.31 Å². The van der Waals surface area contributed by atoms with Gasteiger partial charge in [0.15, 0.2) is 0 Å². The lowest BCUT2D eigenvalue weighted by atomic mass is 9.95. The van der Waals surface area contributed by atoms with Crippen LogP contribution < -0.4 is 5.32 Å². The first kappa shape index (κ1) is 22.3. The molecule has 2 aliphatic rings. The number of hydrogen-bond donors (Lipinski definition) is 1. The van der Waals surface area contributed by atoms with Crippen LogP contribution in [0.5, 0.6) is 0 Å². The van der Waals surface area contributed by atoms with Crippen LogP contribution in [0.15, 0.2) is 17.0 Å². The molecule has 0 saturated heterocycles. The molecule has 0 atom stereocenters. The van der Waals surface area contributed by atoms with Gasteiger partial charge in [0.25, 0.3) is 0 Å². The van der Waals surface area contributed by atoms with Crippen LogP contribution in [0, 0.1) is 20.8 Å². The van der Waals surface area contributed by atoms with Gasteiger partial charge in [-0.1, -0.05) is 56.2 Å². The number of aryl methyl sites for hydroxylation is 3. The molecule has 5 nitrogen and oxygen atoms in total. The zero-order valence-electron chi connectivity index (χ0n) is 18.2. The van der Waals surface area contributed by atoms with Crippen LogP contribution in [0.4, 0.5) is 0 Å². The average molecular weight is 421 g/mol. The average Bonchev–Trinajstić information content (AvgIpc) is 2.66. The van der Waals surface area contributed by atoms with E-state index in [1.807, 2.05) is 32.9 Å². The summed E-state index contributed by atoms with van der Waals surface area (Å²) in [5.74, 6) is -0.159. The number of amides is 1.